The molecule has 0 aromatic heterocycles. The Balaban J connectivity index is 1.76. The first-order valence-electron chi connectivity index (χ1n) is 6.72. The maximum absolute atomic E-state index is 11.7. The van der Waals surface area contributed by atoms with E-state index in [1.807, 2.05) is 0 Å². The molecule has 0 saturated carbocycles. The Morgan fingerprint density at radius 1 is 1.20 bits per heavy atom. The fourth-order valence-corrected chi connectivity index (χ4v) is 2.15. The molecular weight excluding hydrogens is 258 g/mol. The quantitative estimate of drug-likeness (QED) is 0.659. The van der Waals surface area contributed by atoms with Crippen LogP contribution < -0.4 is 16.0 Å². The number of carbonyl (C=O) groups is 2. The molecule has 1 saturated heterocycles. The zero-order valence-electron chi connectivity index (χ0n) is 11.2. The molecule has 0 spiro atoms. The standard InChI is InChI=1S/C14H19N3O3/c18-13(19)11-3-1-10(2-4-11)9-16-14(20)17-12-5-7-15-8-6-12/h1-4,12,15H,5-9H2,(H,18,19)(H2,16,17,20). The first-order chi connectivity index (χ1) is 9.65. The third-order valence-electron chi connectivity index (χ3n) is 3.33. The van der Waals surface area contributed by atoms with Crippen molar-refractivity contribution in [2.45, 2.75) is 25.4 Å². The highest BCUT2D eigenvalue weighted by Gasteiger charge is 2.14. The number of urea groups is 1. The van der Waals surface area contributed by atoms with E-state index >= 15 is 0 Å². The minimum Gasteiger partial charge on any atom is -0.478 e. The van der Waals surface area contributed by atoms with Crippen LogP contribution in [-0.4, -0.2) is 36.2 Å². The SMILES string of the molecule is O=C(NCc1ccc(C(=O)O)cc1)NC1CCNCC1. The van der Waals surface area contributed by atoms with Crippen LogP contribution in [0.1, 0.15) is 28.8 Å². The van der Waals surface area contributed by atoms with E-state index in [4.69, 9.17) is 5.11 Å². The Hall–Kier alpha value is -2.08. The number of benzene rings is 1. The smallest absolute Gasteiger partial charge is 0.335 e. The van der Waals surface area contributed by atoms with E-state index in [0.717, 1.165) is 31.5 Å². The number of carbonyl (C=O) groups excluding carboxylic acids is 1. The van der Waals surface area contributed by atoms with Crippen LogP contribution in [0.4, 0.5) is 4.79 Å². The lowest BCUT2D eigenvalue weighted by atomic mass is 10.1. The summed E-state index contributed by atoms with van der Waals surface area (Å²) in [5.41, 5.74) is 1.11. The van der Waals surface area contributed by atoms with Crippen molar-refractivity contribution in [3.8, 4) is 0 Å². The molecule has 6 nitrogen and oxygen atoms in total. The monoisotopic (exact) mass is 277 g/mol. The molecule has 20 heavy (non-hydrogen) atoms. The third-order valence-corrected chi connectivity index (χ3v) is 3.33. The number of hydrogen-bond donors (Lipinski definition) is 4. The average molecular weight is 277 g/mol. The lowest BCUT2D eigenvalue weighted by Gasteiger charge is -2.23. The van der Waals surface area contributed by atoms with Crippen LogP contribution in [0.2, 0.25) is 0 Å². The normalized spacial score (nSPS) is 15.6. The highest BCUT2D eigenvalue weighted by atomic mass is 16.4. The van der Waals surface area contributed by atoms with Crippen LogP contribution >= 0.6 is 0 Å². The van der Waals surface area contributed by atoms with Gasteiger partial charge in [-0.25, -0.2) is 9.59 Å². The second-order valence-electron chi connectivity index (χ2n) is 4.85. The first kappa shape index (κ1) is 14.3. The number of aromatic carboxylic acids is 1. The highest BCUT2D eigenvalue weighted by molar-refractivity contribution is 5.87. The number of carboxylic acid groups (broad SMARTS) is 1. The Kier molecular flexibility index (Phi) is 4.95. The van der Waals surface area contributed by atoms with E-state index < -0.39 is 5.97 Å². The second-order valence-corrected chi connectivity index (χ2v) is 4.85. The van der Waals surface area contributed by atoms with E-state index in [9.17, 15) is 9.59 Å². The zero-order valence-corrected chi connectivity index (χ0v) is 11.2. The number of nitrogens with one attached hydrogen (secondary N) is 3. The molecule has 1 aromatic carbocycles. The molecule has 1 fully saturated rings. The van der Waals surface area contributed by atoms with Crippen molar-refractivity contribution >= 4 is 12.0 Å². The summed E-state index contributed by atoms with van der Waals surface area (Å²) < 4.78 is 0. The second kappa shape index (κ2) is 6.91. The molecule has 0 aliphatic carbocycles. The van der Waals surface area contributed by atoms with Gasteiger partial charge in [0.2, 0.25) is 0 Å². The van der Waals surface area contributed by atoms with Crippen LogP contribution in [0, 0.1) is 0 Å². The summed E-state index contributed by atoms with van der Waals surface area (Å²) in [4.78, 5) is 22.4. The van der Waals surface area contributed by atoms with E-state index in [-0.39, 0.29) is 17.6 Å². The summed E-state index contributed by atoms with van der Waals surface area (Å²) in [6.07, 6.45) is 1.89. The van der Waals surface area contributed by atoms with Crippen molar-refractivity contribution in [2.75, 3.05) is 13.1 Å². The van der Waals surface area contributed by atoms with Crippen molar-refractivity contribution in [1.29, 1.82) is 0 Å². The topological polar surface area (TPSA) is 90.5 Å². The lowest BCUT2D eigenvalue weighted by Crippen LogP contribution is -2.46. The van der Waals surface area contributed by atoms with Gasteiger partial charge in [0, 0.05) is 12.6 Å². The predicted molar refractivity (Wildman–Crippen MR) is 74.7 cm³/mol. The summed E-state index contributed by atoms with van der Waals surface area (Å²) in [5.74, 6) is -0.951. The summed E-state index contributed by atoms with van der Waals surface area (Å²) in [6, 6.07) is 6.52. The van der Waals surface area contributed by atoms with E-state index in [1.54, 1.807) is 12.1 Å². The van der Waals surface area contributed by atoms with Gasteiger partial charge in [0.15, 0.2) is 0 Å². The largest absolute Gasteiger partial charge is 0.478 e. The Morgan fingerprint density at radius 2 is 1.85 bits per heavy atom. The zero-order chi connectivity index (χ0) is 14.4. The van der Waals surface area contributed by atoms with Gasteiger partial charge in [0.25, 0.3) is 0 Å². The van der Waals surface area contributed by atoms with E-state index in [0.29, 0.717) is 6.54 Å². The molecule has 1 heterocycles. The van der Waals surface area contributed by atoms with E-state index in [1.165, 1.54) is 12.1 Å². The summed E-state index contributed by atoms with van der Waals surface area (Å²) in [5, 5.41) is 17.7. The number of amides is 2. The van der Waals surface area contributed by atoms with Gasteiger partial charge in [-0.15, -0.1) is 0 Å². The molecule has 108 valence electrons. The third kappa shape index (κ3) is 4.24. The van der Waals surface area contributed by atoms with Gasteiger partial charge < -0.3 is 21.1 Å². The number of hydrogen-bond acceptors (Lipinski definition) is 3. The maximum atomic E-state index is 11.7. The van der Waals surface area contributed by atoms with Crippen molar-refractivity contribution in [3.63, 3.8) is 0 Å². The fourth-order valence-electron chi connectivity index (χ4n) is 2.15. The molecule has 4 N–H and O–H groups in total. The minimum atomic E-state index is -0.951. The maximum Gasteiger partial charge on any atom is 0.335 e. The van der Waals surface area contributed by atoms with Crippen LogP contribution in [-0.2, 0) is 6.54 Å². The summed E-state index contributed by atoms with van der Waals surface area (Å²) in [7, 11) is 0. The average Bonchev–Trinajstić information content (AvgIpc) is 2.46. The van der Waals surface area contributed by atoms with Gasteiger partial charge in [-0.05, 0) is 43.6 Å². The Labute approximate surface area is 117 Å². The fraction of sp³-hybridized carbons (Fsp3) is 0.429. The van der Waals surface area contributed by atoms with Gasteiger partial charge >= 0.3 is 12.0 Å². The molecule has 1 aromatic rings. The van der Waals surface area contributed by atoms with Gasteiger partial charge in [0.1, 0.15) is 0 Å². The van der Waals surface area contributed by atoms with Gasteiger partial charge in [-0.1, -0.05) is 12.1 Å². The number of rotatable bonds is 4. The Bertz CT molecular complexity index is 467. The molecule has 2 rings (SSSR count). The lowest BCUT2D eigenvalue weighted by molar-refractivity contribution is 0.0697. The molecule has 2 amide bonds. The van der Waals surface area contributed by atoms with Gasteiger partial charge in [0.05, 0.1) is 5.56 Å². The van der Waals surface area contributed by atoms with Crippen molar-refractivity contribution in [2.24, 2.45) is 0 Å². The molecule has 0 bridgehead atoms. The molecule has 6 heteroatoms. The first-order valence-corrected chi connectivity index (χ1v) is 6.72. The molecule has 1 aliphatic rings. The summed E-state index contributed by atoms with van der Waals surface area (Å²) in [6.45, 7) is 2.25. The van der Waals surface area contributed by atoms with Crippen molar-refractivity contribution < 1.29 is 14.7 Å². The van der Waals surface area contributed by atoms with Crippen LogP contribution in [0.3, 0.4) is 0 Å². The summed E-state index contributed by atoms with van der Waals surface area (Å²) >= 11 is 0. The molecule has 1 aliphatic heterocycles. The minimum absolute atomic E-state index is 0.181. The predicted octanol–water partition coefficient (Wildman–Crippen LogP) is 0.936. The van der Waals surface area contributed by atoms with E-state index in [2.05, 4.69) is 16.0 Å². The Morgan fingerprint density at radius 3 is 2.45 bits per heavy atom. The molecular formula is C14H19N3O3. The van der Waals surface area contributed by atoms with Crippen molar-refractivity contribution in [1.82, 2.24) is 16.0 Å². The highest BCUT2D eigenvalue weighted by Crippen LogP contribution is 2.05. The van der Waals surface area contributed by atoms with Crippen LogP contribution in [0.15, 0.2) is 24.3 Å². The number of carboxylic acids is 1. The van der Waals surface area contributed by atoms with Gasteiger partial charge in [-0.2, -0.15) is 0 Å². The van der Waals surface area contributed by atoms with Crippen LogP contribution in [0.5, 0.6) is 0 Å². The van der Waals surface area contributed by atoms with Crippen LogP contribution in [0.25, 0.3) is 0 Å². The molecule has 0 radical (unpaired) electrons. The number of piperidine rings is 1. The van der Waals surface area contributed by atoms with Gasteiger partial charge in [-0.3, -0.25) is 0 Å². The molecule has 0 atom stereocenters. The molecule has 0 unspecified atom stereocenters. The van der Waals surface area contributed by atoms with Crippen molar-refractivity contribution in [3.05, 3.63) is 35.4 Å².